The highest BCUT2D eigenvalue weighted by Gasteiger charge is 2.42. The van der Waals surface area contributed by atoms with E-state index in [9.17, 15) is 9.59 Å². The first-order valence-corrected chi connectivity index (χ1v) is 12.0. The lowest BCUT2D eigenvalue weighted by Crippen LogP contribution is -2.50. The van der Waals surface area contributed by atoms with E-state index in [4.69, 9.17) is 0 Å². The van der Waals surface area contributed by atoms with Crippen LogP contribution in [0.4, 0.5) is 5.69 Å². The smallest absolute Gasteiger partial charge is 0.230 e. The number of guanidine groups is 1. The Labute approximate surface area is 215 Å². The summed E-state index contributed by atoms with van der Waals surface area (Å²) in [5.74, 6) is 1.70. The molecule has 2 amide bonds. The summed E-state index contributed by atoms with van der Waals surface area (Å²) in [6, 6.07) is 8.52. The van der Waals surface area contributed by atoms with Crippen LogP contribution in [0.1, 0.15) is 56.4 Å². The molecule has 1 aromatic rings. The first-order chi connectivity index (χ1) is 15.4. The van der Waals surface area contributed by atoms with Crippen molar-refractivity contribution in [3.05, 3.63) is 29.8 Å². The molecule has 1 saturated carbocycles. The highest BCUT2D eigenvalue weighted by Crippen LogP contribution is 2.40. The van der Waals surface area contributed by atoms with Gasteiger partial charge in [-0.2, -0.15) is 0 Å². The number of carbonyl (C=O) groups excluding carboxylic acids is 2. The topological polar surface area (TPSA) is 68.2 Å². The van der Waals surface area contributed by atoms with Crippen LogP contribution >= 0.6 is 24.0 Å². The molecule has 0 spiro atoms. The van der Waals surface area contributed by atoms with Crippen molar-refractivity contribution in [2.24, 2.45) is 10.4 Å². The van der Waals surface area contributed by atoms with Crippen LogP contribution in [0.15, 0.2) is 29.3 Å². The van der Waals surface area contributed by atoms with Crippen LogP contribution in [-0.2, 0) is 9.59 Å². The fraction of sp³-hybridized carbons (Fsp3) is 0.640. The summed E-state index contributed by atoms with van der Waals surface area (Å²) in [5, 5.41) is 3.56. The Morgan fingerprint density at radius 1 is 1.21 bits per heavy atom. The van der Waals surface area contributed by atoms with Crippen molar-refractivity contribution in [3.63, 3.8) is 0 Å². The number of rotatable bonds is 6. The van der Waals surface area contributed by atoms with Crippen molar-refractivity contribution in [1.82, 2.24) is 15.1 Å². The molecule has 0 aromatic heterocycles. The molecule has 1 N–H and O–H groups in total. The van der Waals surface area contributed by atoms with Gasteiger partial charge in [-0.3, -0.25) is 14.6 Å². The maximum Gasteiger partial charge on any atom is 0.230 e. The molecule has 33 heavy (non-hydrogen) atoms. The third-order valence-corrected chi connectivity index (χ3v) is 7.46. The number of anilines is 1. The molecule has 0 bridgehead atoms. The first-order valence-electron chi connectivity index (χ1n) is 12.0. The number of amides is 2. The molecule has 7 nitrogen and oxygen atoms in total. The van der Waals surface area contributed by atoms with Gasteiger partial charge in [0, 0.05) is 65.3 Å². The minimum Gasteiger partial charge on any atom is -0.355 e. The zero-order valence-electron chi connectivity index (χ0n) is 20.2. The fourth-order valence-corrected chi connectivity index (χ4v) is 5.73. The highest BCUT2D eigenvalue weighted by molar-refractivity contribution is 14.0. The zero-order chi connectivity index (χ0) is 22.7. The number of hydrogen-bond acceptors (Lipinski definition) is 3. The Hall–Kier alpha value is -1.84. The molecule has 182 valence electrons. The van der Waals surface area contributed by atoms with Crippen molar-refractivity contribution in [1.29, 1.82) is 0 Å². The summed E-state index contributed by atoms with van der Waals surface area (Å²) in [7, 11) is 5.52. The van der Waals surface area contributed by atoms with Crippen molar-refractivity contribution in [3.8, 4) is 0 Å². The SMILES string of the molecule is CN=C(NCC1(C(=O)N(C)C)CCCC1)N1CC(CCN2CCCC2=O)c2ccccc21.I. The van der Waals surface area contributed by atoms with E-state index in [2.05, 4.69) is 39.5 Å². The van der Waals surface area contributed by atoms with Gasteiger partial charge in [0.25, 0.3) is 0 Å². The molecular weight excluding hydrogens is 529 g/mol. The summed E-state index contributed by atoms with van der Waals surface area (Å²) in [6.45, 7) is 3.16. The molecule has 1 saturated heterocycles. The second-order valence-corrected chi connectivity index (χ2v) is 9.73. The van der Waals surface area contributed by atoms with Gasteiger partial charge in [-0.15, -0.1) is 24.0 Å². The number of nitrogens with zero attached hydrogens (tertiary/aromatic N) is 4. The molecule has 1 aromatic carbocycles. The van der Waals surface area contributed by atoms with E-state index in [-0.39, 0.29) is 41.2 Å². The molecule has 1 atom stereocenters. The van der Waals surface area contributed by atoms with Crippen LogP contribution in [0.3, 0.4) is 0 Å². The van der Waals surface area contributed by atoms with Crippen LogP contribution in [-0.4, -0.2) is 74.9 Å². The number of fused-ring (bicyclic) bond motifs is 1. The van der Waals surface area contributed by atoms with Gasteiger partial charge in [0.05, 0.1) is 5.41 Å². The van der Waals surface area contributed by atoms with Crippen molar-refractivity contribution >= 4 is 47.4 Å². The van der Waals surface area contributed by atoms with Crippen LogP contribution < -0.4 is 10.2 Å². The molecule has 3 aliphatic rings. The van der Waals surface area contributed by atoms with Gasteiger partial charge in [0.15, 0.2) is 5.96 Å². The van der Waals surface area contributed by atoms with E-state index in [1.54, 1.807) is 4.90 Å². The van der Waals surface area contributed by atoms with Gasteiger partial charge in [0.2, 0.25) is 11.8 Å². The van der Waals surface area contributed by atoms with Gasteiger partial charge in [-0.1, -0.05) is 31.0 Å². The molecule has 4 rings (SSSR count). The Kier molecular flexibility index (Phi) is 8.64. The van der Waals surface area contributed by atoms with Gasteiger partial charge < -0.3 is 20.0 Å². The Bertz CT molecular complexity index is 881. The molecular formula is C25H38IN5O2. The molecule has 2 heterocycles. The minimum atomic E-state index is -0.339. The second-order valence-electron chi connectivity index (χ2n) is 9.73. The number of likely N-dealkylation sites (tertiary alicyclic amines) is 1. The molecule has 8 heteroatoms. The zero-order valence-corrected chi connectivity index (χ0v) is 22.5. The summed E-state index contributed by atoms with van der Waals surface area (Å²) in [4.78, 5) is 35.6. The number of hydrogen-bond donors (Lipinski definition) is 1. The van der Waals surface area contributed by atoms with E-state index in [1.165, 1.54) is 11.3 Å². The Morgan fingerprint density at radius 2 is 1.94 bits per heavy atom. The van der Waals surface area contributed by atoms with Crippen LogP contribution in [0.25, 0.3) is 0 Å². The number of carbonyl (C=O) groups is 2. The quantitative estimate of drug-likeness (QED) is 0.325. The van der Waals surface area contributed by atoms with Crippen LogP contribution in [0.5, 0.6) is 0 Å². The lowest BCUT2D eigenvalue weighted by Gasteiger charge is -2.33. The van der Waals surface area contributed by atoms with E-state index in [0.717, 1.165) is 64.1 Å². The van der Waals surface area contributed by atoms with Gasteiger partial charge in [-0.25, -0.2) is 0 Å². The van der Waals surface area contributed by atoms with Gasteiger partial charge in [0.1, 0.15) is 0 Å². The second kappa shape index (κ2) is 11.1. The van der Waals surface area contributed by atoms with Gasteiger partial charge in [-0.05, 0) is 37.3 Å². The molecule has 2 aliphatic heterocycles. The predicted molar refractivity (Wildman–Crippen MR) is 143 cm³/mol. The van der Waals surface area contributed by atoms with E-state index < -0.39 is 0 Å². The predicted octanol–water partition coefficient (Wildman–Crippen LogP) is 3.44. The van der Waals surface area contributed by atoms with Crippen molar-refractivity contribution in [2.75, 3.05) is 52.2 Å². The standard InChI is InChI=1S/C25H37N5O2.HI/c1-26-24(27-18-25(13-6-7-14-25)23(32)28(2)3)30-17-19(20-9-4-5-10-21(20)30)12-16-29-15-8-11-22(29)31;/h4-5,9-10,19H,6-8,11-18H2,1-3H3,(H,26,27);1H. The first kappa shape index (κ1) is 25.8. The van der Waals surface area contributed by atoms with E-state index in [1.807, 2.05) is 26.0 Å². The highest BCUT2D eigenvalue weighted by atomic mass is 127. The van der Waals surface area contributed by atoms with Crippen molar-refractivity contribution < 1.29 is 9.59 Å². The largest absolute Gasteiger partial charge is 0.355 e. The summed E-state index contributed by atoms with van der Waals surface area (Å²) in [6.07, 6.45) is 6.69. The number of para-hydroxylation sites is 1. The van der Waals surface area contributed by atoms with E-state index >= 15 is 0 Å². The average molecular weight is 568 g/mol. The number of nitrogens with one attached hydrogen (secondary N) is 1. The molecule has 1 unspecified atom stereocenters. The molecule has 0 radical (unpaired) electrons. The van der Waals surface area contributed by atoms with Crippen LogP contribution in [0, 0.1) is 5.41 Å². The normalized spacial score (nSPS) is 21.7. The Balaban J connectivity index is 0.00000306. The third kappa shape index (κ3) is 5.30. The lowest BCUT2D eigenvalue weighted by atomic mass is 9.84. The fourth-order valence-electron chi connectivity index (χ4n) is 5.73. The summed E-state index contributed by atoms with van der Waals surface area (Å²) >= 11 is 0. The summed E-state index contributed by atoms with van der Waals surface area (Å²) in [5.41, 5.74) is 2.16. The summed E-state index contributed by atoms with van der Waals surface area (Å²) < 4.78 is 0. The third-order valence-electron chi connectivity index (χ3n) is 7.46. The molecule has 2 fully saturated rings. The number of benzene rings is 1. The number of aliphatic imine (C=N–C) groups is 1. The monoisotopic (exact) mass is 567 g/mol. The maximum atomic E-state index is 13.0. The van der Waals surface area contributed by atoms with Gasteiger partial charge >= 0.3 is 0 Å². The Morgan fingerprint density at radius 3 is 2.58 bits per heavy atom. The average Bonchev–Trinajstić information content (AvgIpc) is 3.52. The van der Waals surface area contributed by atoms with Crippen LogP contribution in [0.2, 0.25) is 0 Å². The van der Waals surface area contributed by atoms with E-state index in [0.29, 0.717) is 18.9 Å². The minimum absolute atomic E-state index is 0. The van der Waals surface area contributed by atoms with Crippen molar-refractivity contribution in [2.45, 2.75) is 50.9 Å². The lowest BCUT2D eigenvalue weighted by molar-refractivity contribution is -0.138. The molecule has 1 aliphatic carbocycles. The maximum absolute atomic E-state index is 13.0. The number of halogens is 1.